The van der Waals surface area contributed by atoms with Crippen LogP contribution in [0.2, 0.25) is 0 Å². The monoisotopic (exact) mass is 264 g/mol. The van der Waals surface area contributed by atoms with E-state index in [9.17, 15) is 0 Å². The lowest BCUT2D eigenvalue weighted by molar-refractivity contribution is 0.520. The third-order valence-electron chi connectivity index (χ3n) is 2.96. The molecule has 0 bridgehead atoms. The quantitative estimate of drug-likeness (QED) is 0.532. The zero-order valence-corrected chi connectivity index (χ0v) is 11.8. The van der Waals surface area contributed by atoms with Crippen LogP contribution in [0, 0.1) is 0 Å². The molecular formula is C15H28N4. The molecule has 0 atom stereocenters. The first kappa shape index (κ1) is 16.0. The molecule has 0 spiro atoms. The first-order valence-corrected chi connectivity index (χ1v) is 7.32. The Morgan fingerprint density at radius 3 is 1.32 bits per heavy atom. The predicted molar refractivity (Wildman–Crippen MR) is 83.3 cm³/mol. The Morgan fingerprint density at radius 1 is 0.632 bits per heavy atom. The van der Waals surface area contributed by atoms with E-state index >= 15 is 0 Å². The first-order valence-electron chi connectivity index (χ1n) is 7.32. The van der Waals surface area contributed by atoms with Crippen molar-refractivity contribution in [2.75, 3.05) is 45.0 Å². The number of hydrogen-bond donors (Lipinski definition) is 4. The number of nitrogen functional groups attached to an aromatic ring is 1. The lowest BCUT2D eigenvalue weighted by atomic mass is 10.2. The van der Waals surface area contributed by atoms with E-state index in [0.29, 0.717) is 0 Å². The Balaban J connectivity index is 0.000000143. The van der Waals surface area contributed by atoms with Crippen molar-refractivity contribution < 1.29 is 0 Å². The van der Waals surface area contributed by atoms with Gasteiger partial charge in [0.1, 0.15) is 0 Å². The summed E-state index contributed by atoms with van der Waals surface area (Å²) in [5.41, 5.74) is 6.18. The van der Waals surface area contributed by atoms with E-state index < -0.39 is 0 Å². The van der Waals surface area contributed by atoms with E-state index in [1.807, 2.05) is 30.3 Å². The van der Waals surface area contributed by atoms with Gasteiger partial charge in [-0.1, -0.05) is 24.6 Å². The molecule has 5 N–H and O–H groups in total. The van der Waals surface area contributed by atoms with Crippen LogP contribution in [0.1, 0.15) is 19.3 Å². The van der Waals surface area contributed by atoms with E-state index in [1.54, 1.807) is 0 Å². The van der Waals surface area contributed by atoms with Crippen LogP contribution in [-0.4, -0.2) is 39.3 Å². The van der Waals surface area contributed by atoms with Crippen LogP contribution in [0.3, 0.4) is 0 Å². The summed E-state index contributed by atoms with van der Waals surface area (Å²) in [5, 5.41) is 9.73. The first-order chi connectivity index (χ1) is 9.39. The minimum atomic E-state index is 0.822. The van der Waals surface area contributed by atoms with Crippen molar-refractivity contribution >= 4 is 5.69 Å². The van der Waals surface area contributed by atoms with Crippen LogP contribution in [0.5, 0.6) is 0 Å². The molecule has 0 aromatic heterocycles. The lowest BCUT2D eigenvalue weighted by Crippen LogP contribution is -2.39. The summed E-state index contributed by atoms with van der Waals surface area (Å²) in [6.07, 6.45) is 4.22. The topological polar surface area (TPSA) is 62.1 Å². The maximum Gasteiger partial charge on any atom is 0.0313 e. The lowest BCUT2D eigenvalue weighted by Gasteiger charge is -2.11. The van der Waals surface area contributed by atoms with Crippen LogP contribution >= 0.6 is 0 Å². The smallest absolute Gasteiger partial charge is 0.0313 e. The maximum atomic E-state index is 5.36. The van der Waals surface area contributed by atoms with Gasteiger partial charge in [0.15, 0.2) is 0 Å². The van der Waals surface area contributed by atoms with Gasteiger partial charge in [0.05, 0.1) is 0 Å². The number of rotatable bonds is 0. The summed E-state index contributed by atoms with van der Waals surface area (Å²) in [5.74, 6) is 0. The van der Waals surface area contributed by atoms with Crippen molar-refractivity contribution in [3.8, 4) is 0 Å². The number of nitrogens with one attached hydrogen (secondary N) is 3. The van der Waals surface area contributed by atoms with Gasteiger partial charge in [-0.3, -0.25) is 0 Å². The van der Waals surface area contributed by atoms with Crippen LogP contribution in [-0.2, 0) is 0 Å². The summed E-state index contributed by atoms with van der Waals surface area (Å²) < 4.78 is 0. The second-order valence-corrected chi connectivity index (χ2v) is 4.72. The summed E-state index contributed by atoms with van der Waals surface area (Å²) in [7, 11) is 0. The fourth-order valence-electron chi connectivity index (χ4n) is 1.86. The number of piperidine rings is 1. The van der Waals surface area contributed by atoms with Gasteiger partial charge in [-0.15, -0.1) is 0 Å². The van der Waals surface area contributed by atoms with Crippen molar-refractivity contribution in [1.29, 1.82) is 0 Å². The molecule has 2 heterocycles. The summed E-state index contributed by atoms with van der Waals surface area (Å²) in [4.78, 5) is 0. The largest absolute Gasteiger partial charge is 0.399 e. The second kappa shape index (κ2) is 12.0. The third kappa shape index (κ3) is 10.5. The Labute approximate surface area is 117 Å². The standard InChI is InChI=1S/C6H7N.C5H11N.C4H10N2/c7-6-4-2-1-3-5-6;1-2-4-6-5-3-1;1-2-6-4-3-5-1/h1-5H,7H2;6H,1-5H2;5-6H,1-4H2. The van der Waals surface area contributed by atoms with E-state index in [2.05, 4.69) is 16.0 Å². The van der Waals surface area contributed by atoms with Gasteiger partial charge in [-0.05, 0) is 38.1 Å². The van der Waals surface area contributed by atoms with E-state index in [4.69, 9.17) is 5.73 Å². The van der Waals surface area contributed by atoms with Gasteiger partial charge < -0.3 is 21.7 Å². The number of piperazine rings is 1. The molecule has 4 nitrogen and oxygen atoms in total. The summed E-state index contributed by atoms with van der Waals surface area (Å²) in [6.45, 7) is 7.06. The highest BCUT2D eigenvalue weighted by atomic mass is 15.0. The van der Waals surface area contributed by atoms with Crippen molar-refractivity contribution in [2.45, 2.75) is 19.3 Å². The minimum Gasteiger partial charge on any atom is -0.399 e. The van der Waals surface area contributed by atoms with E-state index in [0.717, 1.165) is 31.9 Å². The highest BCUT2D eigenvalue weighted by Crippen LogP contribution is 1.96. The van der Waals surface area contributed by atoms with Gasteiger partial charge in [0.2, 0.25) is 0 Å². The van der Waals surface area contributed by atoms with Gasteiger partial charge in [-0.25, -0.2) is 0 Å². The Morgan fingerprint density at radius 2 is 1.11 bits per heavy atom. The molecule has 0 radical (unpaired) electrons. The normalized spacial score (nSPS) is 18.3. The molecule has 1 aromatic rings. The molecule has 0 saturated carbocycles. The fourth-order valence-corrected chi connectivity index (χ4v) is 1.86. The van der Waals surface area contributed by atoms with Gasteiger partial charge in [0.25, 0.3) is 0 Å². The second-order valence-electron chi connectivity index (χ2n) is 4.72. The molecule has 0 amide bonds. The van der Waals surface area contributed by atoms with Crippen molar-refractivity contribution in [3.63, 3.8) is 0 Å². The van der Waals surface area contributed by atoms with Gasteiger partial charge in [-0.2, -0.15) is 0 Å². The highest BCUT2D eigenvalue weighted by Gasteiger charge is 1.93. The van der Waals surface area contributed by atoms with Crippen molar-refractivity contribution in [1.82, 2.24) is 16.0 Å². The molecule has 2 aliphatic heterocycles. The van der Waals surface area contributed by atoms with Crippen molar-refractivity contribution in [3.05, 3.63) is 30.3 Å². The Hall–Kier alpha value is -1.10. The Kier molecular flexibility index (Phi) is 10.0. The molecule has 2 fully saturated rings. The molecule has 108 valence electrons. The number of para-hydroxylation sites is 1. The zero-order chi connectivity index (χ0) is 13.6. The number of benzene rings is 1. The predicted octanol–water partition coefficient (Wildman–Crippen LogP) is 1.21. The highest BCUT2D eigenvalue weighted by molar-refractivity contribution is 5.35. The summed E-state index contributed by atoms with van der Waals surface area (Å²) in [6, 6.07) is 9.49. The minimum absolute atomic E-state index is 0.822. The molecule has 0 unspecified atom stereocenters. The molecule has 1 aromatic carbocycles. The number of hydrogen-bond acceptors (Lipinski definition) is 4. The molecule has 19 heavy (non-hydrogen) atoms. The van der Waals surface area contributed by atoms with Gasteiger partial charge >= 0.3 is 0 Å². The molecular weight excluding hydrogens is 236 g/mol. The zero-order valence-electron chi connectivity index (χ0n) is 11.8. The molecule has 2 aliphatic rings. The SMILES string of the molecule is C1CCNCC1.C1CNCCN1.Nc1ccccc1. The van der Waals surface area contributed by atoms with Gasteiger partial charge in [0, 0.05) is 31.9 Å². The molecule has 3 rings (SSSR count). The average molecular weight is 264 g/mol. The molecule has 4 heteroatoms. The van der Waals surface area contributed by atoms with Crippen LogP contribution in [0.4, 0.5) is 5.69 Å². The number of nitrogens with two attached hydrogens (primary N) is 1. The van der Waals surface area contributed by atoms with Crippen LogP contribution in [0.15, 0.2) is 30.3 Å². The number of anilines is 1. The van der Waals surface area contributed by atoms with E-state index in [-0.39, 0.29) is 0 Å². The van der Waals surface area contributed by atoms with Crippen molar-refractivity contribution in [2.24, 2.45) is 0 Å². The fraction of sp³-hybridized carbons (Fsp3) is 0.600. The third-order valence-corrected chi connectivity index (χ3v) is 2.96. The maximum absolute atomic E-state index is 5.36. The average Bonchev–Trinajstić information content (AvgIpc) is 2.53. The van der Waals surface area contributed by atoms with Crippen LogP contribution in [0.25, 0.3) is 0 Å². The molecule has 0 aliphatic carbocycles. The Bertz CT molecular complexity index is 246. The van der Waals surface area contributed by atoms with E-state index in [1.165, 1.54) is 32.4 Å². The summed E-state index contributed by atoms with van der Waals surface area (Å²) >= 11 is 0. The molecule has 2 saturated heterocycles. The van der Waals surface area contributed by atoms with Crippen LogP contribution < -0.4 is 21.7 Å².